The highest BCUT2D eigenvalue weighted by atomic mass is 32.2. The first-order valence-corrected chi connectivity index (χ1v) is 8.32. The van der Waals surface area contributed by atoms with Gasteiger partial charge >= 0.3 is 5.97 Å². The summed E-state index contributed by atoms with van der Waals surface area (Å²) in [5.41, 5.74) is 0.976. The van der Waals surface area contributed by atoms with Crippen LogP contribution in [0.15, 0.2) is 35.2 Å². The zero-order chi connectivity index (χ0) is 15.9. The van der Waals surface area contributed by atoms with Gasteiger partial charge in [0.15, 0.2) is 0 Å². The van der Waals surface area contributed by atoms with Crippen LogP contribution >= 0.6 is 24.0 Å². The molecule has 1 aliphatic heterocycles. The van der Waals surface area contributed by atoms with Gasteiger partial charge in [-0.2, -0.15) is 0 Å². The molecule has 4 nitrogen and oxygen atoms in total. The predicted octanol–water partition coefficient (Wildman–Crippen LogP) is 3.53. The molecule has 0 aliphatic carbocycles. The van der Waals surface area contributed by atoms with Crippen molar-refractivity contribution in [2.45, 2.75) is 25.7 Å². The van der Waals surface area contributed by atoms with Crippen LogP contribution in [0, 0.1) is 0 Å². The molecule has 0 unspecified atom stereocenters. The Morgan fingerprint density at radius 2 is 1.95 bits per heavy atom. The van der Waals surface area contributed by atoms with Crippen molar-refractivity contribution in [3.63, 3.8) is 0 Å². The molecule has 0 atom stereocenters. The number of nitrogens with zero attached hydrogens (tertiary/aromatic N) is 1. The molecule has 22 heavy (non-hydrogen) atoms. The number of thiocarbonyl (C=S) groups is 1. The molecule has 1 aromatic rings. The molecule has 0 bridgehead atoms. The van der Waals surface area contributed by atoms with E-state index in [1.807, 2.05) is 36.4 Å². The molecule has 1 N–H and O–H groups in total. The minimum absolute atomic E-state index is 0.0583. The Morgan fingerprint density at radius 3 is 2.64 bits per heavy atom. The molecule has 1 saturated heterocycles. The summed E-state index contributed by atoms with van der Waals surface area (Å²) in [6, 6.07) is 9.67. The summed E-state index contributed by atoms with van der Waals surface area (Å²) in [6.07, 6.45) is 4.19. The highest BCUT2D eigenvalue weighted by Crippen LogP contribution is 2.32. The van der Waals surface area contributed by atoms with E-state index < -0.39 is 5.97 Å². The van der Waals surface area contributed by atoms with Gasteiger partial charge in [-0.15, -0.1) is 0 Å². The minimum atomic E-state index is -0.781. The second kappa shape index (κ2) is 8.10. The van der Waals surface area contributed by atoms with Gasteiger partial charge in [0.2, 0.25) is 0 Å². The molecule has 0 aromatic heterocycles. The molecule has 6 heteroatoms. The van der Waals surface area contributed by atoms with E-state index in [0.717, 1.165) is 18.4 Å². The minimum Gasteiger partial charge on any atom is -0.481 e. The fourth-order valence-corrected chi connectivity index (χ4v) is 3.42. The van der Waals surface area contributed by atoms with Gasteiger partial charge in [0, 0.05) is 13.0 Å². The van der Waals surface area contributed by atoms with Crippen molar-refractivity contribution in [2.24, 2.45) is 0 Å². The molecule has 1 amide bonds. The van der Waals surface area contributed by atoms with Crippen LogP contribution in [0.1, 0.15) is 31.2 Å². The van der Waals surface area contributed by atoms with Crippen LogP contribution in [0.2, 0.25) is 0 Å². The van der Waals surface area contributed by atoms with Crippen molar-refractivity contribution in [2.75, 3.05) is 6.54 Å². The van der Waals surface area contributed by atoms with E-state index in [1.165, 1.54) is 11.8 Å². The van der Waals surface area contributed by atoms with E-state index in [1.54, 1.807) is 4.90 Å². The number of rotatable bonds is 7. The lowest BCUT2D eigenvalue weighted by Gasteiger charge is -2.13. The fraction of sp³-hybridized carbons (Fsp3) is 0.312. The Kier molecular flexibility index (Phi) is 6.15. The Hall–Kier alpha value is -1.66. The normalized spacial score (nSPS) is 16.5. The van der Waals surface area contributed by atoms with E-state index in [2.05, 4.69) is 0 Å². The third-order valence-electron chi connectivity index (χ3n) is 3.24. The van der Waals surface area contributed by atoms with Crippen molar-refractivity contribution in [1.82, 2.24) is 4.90 Å². The standard InChI is InChI=1S/C16H17NO3S2/c18-14(19)9-5-2-6-10-17-15(20)13(22-16(17)21)11-12-7-3-1-4-8-12/h1,3-4,7-8,11H,2,5-6,9-10H2,(H,18,19). The highest BCUT2D eigenvalue weighted by Gasteiger charge is 2.31. The van der Waals surface area contributed by atoms with E-state index in [-0.39, 0.29) is 12.3 Å². The van der Waals surface area contributed by atoms with Gasteiger partial charge in [0.25, 0.3) is 5.91 Å². The van der Waals surface area contributed by atoms with Crippen molar-refractivity contribution in [1.29, 1.82) is 0 Å². The number of unbranched alkanes of at least 4 members (excludes halogenated alkanes) is 2. The van der Waals surface area contributed by atoms with Crippen LogP contribution in [-0.2, 0) is 9.59 Å². The summed E-state index contributed by atoms with van der Waals surface area (Å²) >= 11 is 6.58. The molecule has 0 saturated carbocycles. The maximum atomic E-state index is 12.3. The zero-order valence-corrected chi connectivity index (χ0v) is 13.7. The molecular weight excluding hydrogens is 318 g/mol. The Labute approximate surface area is 139 Å². The third-order valence-corrected chi connectivity index (χ3v) is 4.62. The van der Waals surface area contributed by atoms with Gasteiger partial charge in [-0.25, -0.2) is 0 Å². The first-order chi connectivity index (χ1) is 10.6. The lowest BCUT2D eigenvalue weighted by Crippen LogP contribution is -2.29. The van der Waals surface area contributed by atoms with Crippen molar-refractivity contribution in [3.8, 4) is 0 Å². The number of carboxylic acids is 1. The number of carboxylic acid groups (broad SMARTS) is 1. The molecule has 1 heterocycles. The van der Waals surface area contributed by atoms with Crippen molar-refractivity contribution >= 4 is 46.3 Å². The largest absolute Gasteiger partial charge is 0.481 e. The van der Waals surface area contributed by atoms with Gasteiger partial charge in [-0.3, -0.25) is 14.5 Å². The summed E-state index contributed by atoms with van der Waals surface area (Å²) in [7, 11) is 0. The first-order valence-electron chi connectivity index (χ1n) is 7.10. The number of hydrogen-bond donors (Lipinski definition) is 1. The molecule has 1 fully saturated rings. The number of benzene rings is 1. The van der Waals surface area contributed by atoms with Gasteiger partial charge in [0.05, 0.1) is 4.91 Å². The van der Waals surface area contributed by atoms with Gasteiger partial charge in [-0.05, 0) is 24.5 Å². The van der Waals surface area contributed by atoms with Gasteiger partial charge in [-0.1, -0.05) is 60.7 Å². The zero-order valence-electron chi connectivity index (χ0n) is 12.0. The van der Waals surface area contributed by atoms with Crippen LogP contribution in [0.4, 0.5) is 0 Å². The molecule has 0 spiro atoms. The van der Waals surface area contributed by atoms with E-state index in [9.17, 15) is 9.59 Å². The molecule has 0 radical (unpaired) electrons. The number of thioether (sulfide) groups is 1. The molecule has 2 rings (SSSR count). The average Bonchev–Trinajstić information content (AvgIpc) is 2.75. The fourth-order valence-electron chi connectivity index (χ4n) is 2.12. The van der Waals surface area contributed by atoms with E-state index in [0.29, 0.717) is 22.2 Å². The van der Waals surface area contributed by atoms with Crippen LogP contribution < -0.4 is 0 Å². The third kappa shape index (κ3) is 4.68. The van der Waals surface area contributed by atoms with Crippen LogP contribution in [-0.4, -0.2) is 32.7 Å². The van der Waals surface area contributed by atoms with Crippen LogP contribution in [0.5, 0.6) is 0 Å². The highest BCUT2D eigenvalue weighted by molar-refractivity contribution is 8.26. The van der Waals surface area contributed by atoms with Crippen LogP contribution in [0.3, 0.4) is 0 Å². The lowest BCUT2D eigenvalue weighted by atomic mass is 10.2. The number of amides is 1. The molecule has 1 aliphatic rings. The topological polar surface area (TPSA) is 57.6 Å². The van der Waals surface area contributed by atoms with Gasteiger partial charge in [0.1, 0.15) is 4.32 Å². The summed E-state index contributed by atoms with van der Waals surface area (Å²) in [5, 5.41) is 8.59. The summed E-state index contributed by atoms with van der Waals surface area (Å²) in [4.78, 5) is 25.0. The second-order valence-corrected chi connectivity index (χ2v) is 6.62. The Balaban J connectivity index is 1.89. The number of carbonyl (C=O) groups is 2. The lowest BCUT2D eigenvalue weighted by molar-refractivity contribution is -0.137. The van der Waals surface area contributed by atoms with Crippen LogP contribution in [0.25, 0.3) is 6.08 Å². The van der Waals surface area contributed by atoms with Crippen molar-refractivity contribution in [3.05, 3.63) is 40.8 Å². The quantitative estimate of drug-likeness (QED) is 0.469. The van der Waals surface area contributed by atoms with Crippen molar-refractivity contribution < 1.29 is 14.7 Å². The van der Waals surface area contributed by atoms with E-state index in [4.69, 9.17) is 17.3 Å². The van der Waals surface area contributed by atoms with Gasteiger partial charge < -0.3 is 5.11 Å². The summed E-state index contributed by atoms with van der Waals surface area (Å²) in [6.45, 7) is 0.552. The maximum Gasteiger partial charge on any atom is 0.303 e. The Bertz CT molecular complexity index is 599. The average molecular weight is 335 g/mol. The monoisotopic (exact) mass is 335 g/mol. The molecule has 1 aromatic carbocycles. The molecular formula is C16H17NO3S2. The predicted molar refractivity (Wildman–Crippen MR) is 92.4 cm³/mol. The SMILES string of the molecule is O=C(O)CCCCCN1C(=O)C(=Cc2ccccc2)SC1=S. The maximum absolute atomic E-state index is 12.3. The van der Waals surface area contributed by atoms with E-state index >= 15 is 0 Å². The summed E-state index contributed by atoms with van der Waals surface area (Å²) < 4.78 is 0.574. The number of aliphatic carboxylic acids is 1. The Morgan fingerprint density at radius 1 is 1.23 bits per heavy atom. The smallest absolute Gasteiger partial charge is 0.303 e. The first kappa shape index (κ1) is 16.7. The number of carbonyl (C=O) groups excluding carboxylic acids is 1. The number of hydrogen-bond acceptors (Lipinski definition) is 4. The second-order valence-electron chi connectivity index (χ2n) is 4.95. The summed E-state index contributed by atoms with van der Waals surface area (Å²) in [5.74, 6) is -0.839. The molecule has 116 valence electrons.